The monoisotopic (exact) mass is 470 g/mol. The first kappa shape index (κ1) is 22.8. The van der Waals surface area contributed by atoms with Gasteiger partial charge in [0.1, 0.15) is 5.82 Å². The summed E-state index contributed by atoms with van der Waals surface area (Å²) >= 11 is 0. The summed E-state index contributed by atoms with van der Waals surface area (Å²) in [5.74, 6) is -1.25. The molecule has 34 heavy (non-hydrogen) atoms. The highest BCUT2D eigenvalue weighted by Crippen LogP contribution is 2.33. The van der Waals surface area contributed by atoms with Gasteiger partial charge in [-0.15, -0.1) is 10.2 Å². The van der Waals surface area contributed by atoms with Crippen LogP contribution >= 0.6 is 0 Å². The average molecular weight is 470 g/mol. The van der Waals surface area contributed by atoms with E-state index in [-0.39, 0.29) is 24.6 Å². The number of rotatable bonds is 4. The Balaban J connectivity index is 1.51. The minimum absolute atomic E-state index is 0.0362. The molecule has 0 atom stereocenters. The van der Waals surface area contributed by atoms with Crippen molar-refractivity contribution in [1.82, 2.24) is 20.1 Å². The number of carbonyl (C=O) groups excluding carboxylic acids is 3. The average Bonchev–Trinajstić information content (AvgIpc) is 2.84. The Morgan fingerprint density at radius 3 is 2.38 bits per heavy atom. The van der Waals surface area contributed by atoms with Crippen LogP contribution in [0.5, 0.6) is 0 Å². The number of carbonyl (C=O) groups is 3. The molecule has 3 heterocycles. The number of benzene rings is 1. The van der Waals surface area contributed by atoms with Crippen LogP contribution in [0.25, 0.3) is 0 Å². The van der Waals surface area contributed by atoms with Crippen LogP contribution in [-0.2, 0) is 6.18 Å². The van der Waals surface area contributed by atoms with E-state index >= 15 is 0 Å². The summed E-state index contributed by atoms with van der Waals surface area (Å²) in [7, 11) is 0. The molecule has 0 unspecified atom stereocenters. The summed E-state index contributed by atoms with van der Waals surface area (Å²) in [6.45, 7) is 0.135. The molecular weight excluding hydrogens is 453 g/mol. The predicted octanol–water partition coefficient (Wildman–Crippen LogP) is 3.62. The Kier molecular flexibility index (Phi) is 6.21. The van der Waals surface area contributed by atoms with Gasteiger partial charge in [0.15, 0.2) is 11.5 Å². The van der Waals surface area contributed by atoms with Gasteiger partial charge >= 0.3 is 12.2 Å². The fourth-order valence-corrected chi connectivity index (χ4v) is 3.39. The minimum Gasteiger partial charge on any atom is -0.305 e. The molecule has 0 radical (unpaired) electrons. The van der Waals surface area contributed by atoms with Gasteiger partial charge in [0.05, 0.1) is 11.1 Å². The number of pyridine rings is 1. The second-order valence-corrected chi connectivity index (χ2v) is 7.23. The summed E-state index contributed by atoms with van der Waals surface area (Å²) in [6, 6.07) is 11.2. The smallest absolute Gasteiger partial charge is 0.305 e. The first-order chi connectivity index (χ1) is 16.3. The molecule has 0 bridgehead atoms. The number of hydrogen-bond donors (Lipinski definition) is 1. The molecule has 1 N–H and O–H groups in total. The minimum atomic E-state index is -4.75. The van der Waals surface area contributed by atoms with E-state index in [2.05, 4.69) is 20.5 Å². The number of aromatic nitrogens is 3. The SMILES string of the molecule is O=C(Nc1ccccn1)c1ccc(N2CCCN(C(=O)c3ccccc3C(F)(F)F)C2=O)nn1. The van der Waals surface area contributed by atoms with Crippen molar-refractivity contribution in [2.24, 2.45) is 0 Å². The molecule has 4 amide bonds. The summed E-state index contributed by atoms with van der Waals surface area (Å²) in [6.07, 6.45) is -2.93. The van der Waals surface area contributed by atoms with Crippen molar-refractivity contribution in [3.8, 4) is 0 Å². The molecule has 1 fully saturated rings. The van der Waals surface area contributed by atoms with Gasteiger partial charge < -0.3 is 5.32 Å². The van der Waals surface area contributed by atoms with E-state index in [1.165, 1.54) is 30.5 Å². The van der Waals surface area contributed by atoms with E-state index in [0.29, 0.717) is 12.2 Å². The lowest BCUT2D eigenvalue weighted by Crippen LogP contribution is -2.52. The van der Waals surface area contributed by atoms with E-state index in [1.54, 1.807) is 18.2 Å². The van der Waals surface area contributed by atoms with Gasteiger partial charge in [0.2, 0.25) is 0 Å². The van der Waals surface area contributed by atoms with Crippen molar-refractivity contribution in [1.29, 1.82) is 0 Å². The number of nitrogens with one attached hydrogen (secondary N) is 1. The molecule has 1 aromatic carbocycles. The first-order valence-corrected chi connectivity index (χ1v) is 10.1. The molecule has 9 nitrogen and oxygen atoms in total. The number of alkyl halides is 3. The van der Waals surface area contributed by atoms with Crippen molar-refractivity contribution in [3.05, 3.63) is 77.6 Å². The topological polar surface area (TPSA) is 108 Å². The lowest BCUT2D eigenvalue weighted by atomic mass is 10.1. The number of nitrogens with zero attached hydrogens (tertiary/aromatic N) is 5. The van der Waals surface area contributed by atoms with Crippen LogP contribution in [0.3, 0.4) is 0 Å². The second kappa shape index (κ2) is 9.25. The zero-order chi connectivity index (χ0) is 24.3. The zero-order valence-corrected chi connectivity index (χ0v) is 17.5. The lowest BCUT2D eigenvalue weighted by Gasteiger charge is -2.33. The van der Waals surface area contributed by atoms with Crippen molar-refractivity contribution < 1.29 is 27.6 Å². The Bertz CT molecular complexity index is 1220. The third kappa shape index (κ3) is 4.70. The van der Waals surface area contributed by atoms with Crippen molar-refractivity contribution in [2.75, 3.05) is 23.3 Å². The number of amides is 4. The quantitative estimate of drug-likeness (QED) is 0.624. The molecular formula is C22H17F3N6O3. The molecule has 3 aromatic rings. The molecule has 1 saturated heterocycles. The van der Waals surface area contributed by atoms with E-state index in [1.807, 2.05) is 0 Å². The normalized spacial score (nSPS) is 14.1. The third-order valence-corrected chi connectivity index (χ3v) is 5.00. The van der Waals surface area contributed by atoms with Crippen LogP contribution in [0.2, 0.25) is 0 Å². The number of hydrogen-bond acceptors (Lipinski definition) is 6. The number of anilines is 2. The standard InChI is InChI=1S/C22H17F3N6O3/c23-22(24,25)15-7-2-1-6-14(15)20(33)31-13-5-12-30(21(31)34)18-10-9-16(28-29-18)19(32)27-17-8-3-4-11-26-17/h1-4,6-11H,5,12-13H2,(H,26,27,32). The van der Waals surface area contributed by atoms with Crippen molar-refractivity contribution in [2.45, 2.75) is 12.6 Å². The maximum absolute atomic E-state index is 13.3. The first-order valence-electron chi connectivity index (χ1n) is 10.1. The zero-order valence-electron chi connectivity index (χ0n) is 17.5. The summed E-state index contributed by atoms with van der Waals surface area (Å²) < 4.78 is 40.0. The van der Waals surface area contributed by atoms with Gasteiger partial charge in [0.25, 0.3) is 11.8 Å². The highest BCUT2D eigenvalue weighted by molar-refractivity contribution is 6.09. The van der Waals surface area contributed by atoms with Gasteiger partial charge in [-0.1, -0.05) is 18.2 Å². The molecule has 0 spiro atoms. The van der Waals surface area contributed by atoms with Crippen LogP contribution in [0.15, 0.2) is 60.8 Å². The molecule has 0 aliphatic carbocycles. The van der Waals surface area contributed by atoms with Gasteiger partial charge in [-0.3, -0.25) is 19.4 Å². The molecule has 174 valence electrons. The maximum Gasteiger partial charge on any atom is 0.417 e. The fourth-order valence-electron chi connectivity index (χ4n) is 3.39. The van der Waals surface area contributed by atoms with Crippen molar-refractivity contribution >= 4 is 29.5 Å². The van der Waals surface area contributed by atoms with E-state index < -0.39 is 35.1 Å². The Morgan fingerprint density at radius 2 is 1.71 bits per heavy atom. The molecule has 2 aromatic heterocycles. The van der Waals surface area contributed by atoms with E-state index in [0.717, 1.165) is 21.9 Å². The van der Waals surface area contributed by atoms with Crippen LogP contribution in [0.4, 0.5) is 29.6 Å². The molecule has 4 rings (SSSR count). The van der Waals surface area contributed by atoms with Crippen LogP contribution in [0.1, 0.15) is 32.8 Å². The Morgan fingerprint density at radius 1 is 0.941 bits per heavy atom. The summed E-state index contributed by atoms with van der Waals surface area (Å²) in [5, 5.41) is 10.3. The fraction of sp³-hybridized carbons (Fsp3) is 0.182. The Hall–Kier alpha value is -4.35. The van der Waals surface area contributed by atoms with E-state index in [4.69, 9.17) is 0 Å². The lowest BCUT2D eigenvalue weighted by molar-refractivity contribution is -0.138. The van der Waals surface area contributed by atoms with Gasteiger partial charge in [-0.25, -0.2) is 9.78 Å². The number of urea groups is 1. The van der Waals surface area contributed by atoms with E-state index in [9.17, 15) is 27.6 Å². The second-order valence-electron chi connectivity index (χ2n) is 7.23. The van der Waals surface area contributed by atoms with Crippen LogP contribution in [-0.4, -0.2) is 51.0 Å². The highest BCUT2D eigenvalue weighted by atomic mass is 19.4. The van der Waals surface area contributed by atoms with Crippen LogP contribution in [0, 0.1) is 0 Å². The maximum atomic E-state index is 13.3. The van der Waals surface area contributed by atoms with Crippen molar-refractivity contribution in [3.63, 3.8) is 0 Å². The summed E-state index contributed by atoms with van der Waals surface area (Å²) in [5.41, 5.74) is -1.77. The van der Waals surface area contributed by atoms with Gasteiger partial charge in [-0.2, -0.15) is 13.2 Å². The largest absolute Gasteiger partial charge is 0.417 e. The molecule has 0 saturated carbocycles. The highest BCUT2D eigenvalue weighted by Gasteiger charge is 2.39. The summed E-state index contributed by atoms with van der Waals surface area (Å²) in [4.78, 5) is 44.0. The number of halogens is 3. The molecule has 1 aliphatic heterocycles. The number of imide groups is 1. The Labute approximate surface area is 191 Å². The molecule has 12 heteroatoms. The molecule has 1 aliphatic rings. The predicted molar refractivity (Wildman–Crippen MR) is 114 cm³/mol. The van der Waals surface area contributed by atoms with Gasteiger partial charge in [0, 0.05) is 19.3 Å². The third-order valence-electron chi connectivity index (χ3n) is 5.00. The van der Waals surface area contributed by atoms with Crippen LogP contribution < -0.4 is 10.2 Å². The van der Waals surface area contributed by atoms with Gasteiger partial charge in [-0.05, 0) is 42.8 Å².